The zero-order valence-corrected chi connectivity index (χ0v) is 12.4. The van der Waals surface area contributed by atoms with Gasteiger partial charge >= 0.3 is 0 Å². The molecule has 0 aromatic heterocycles. The molecule has 6 heteroatoms. The van der Waals surface area contributed by atoms with Crippen LogP contribution in [0.3, 0.4) is 0 Å². The van der Waals surface area contributed by atoms with Crippen LogP contribution in [0, 0.1) is 10.1 Å². The second-order valence-electron chi connectivity index (χ2n) is 4.11. The third-order valence-corrected chi connectivity index (χ3v) is 3.35. The highest BCUT2D eigenvalue weighted by Gasteiger charge is 2.10. The molecule has 0 atom stereocenters. The Morgan fingerprint density at radius 2 is 2.30 bits per heavy atom. The molecule has 0 bridgehead atoms. The Hall–Kier alpha value is -1.69. The van der Waals surface area contributed by atoms with E-state index in [2.05, 4.69) is 11.9 Å². The summed E-state index contributed by atoms with van der Waals surface area (Å²) in [5.74, 6) is 2.35. The molecule has 0 aliphatic heterocycles. The van der Waals surface area contributed by atoms with Gasteiger partial charge in [0.2, 0.25) is 0 Å². The van der Waals surface area contributed by atoms with Gasteiger partial charge in [0.25, 0.3) is 5.69 Å². The molecule has 0 fully saturated rings. The summed E-state index contributed by atoms with van der Waals surface area (Å²) in [6.07, 6.45) is 2.72. The molecule has 0 amide bonds. The van der Waals surface area contributed by atoms with Crippen LogP contribution < -0.4 is 10.1 Å². The van der Waals surface area contributed by atoms with Crippen molar-refractivity contribution in [2.45, 2.75) is 13.3 Å². The average molecular weight is 296 g/mol. The largest absolute Gasteiger partial charge is 0.493 e. The number of nitro benzene ring substituents is 1. The highest BCUT2D eigenvalue weighted by atomic mass is 32.2. The zero-order chi connectivity index (χ0) is 14.8. The number of non-ortho nitro benzene ring substituents is 1. The first-order valence-electron chi connectivity index (χ1n) is 6.52. The van der Waals surface area contributed by atoms with Gasteiger partial charge in [-0.1, -0.05) is 13.0 Å². The Kier molecular flexibility index (Phi) is 7.57. The molecule has 1 aromatic carbocycles. The number of rotatable bonds is 10. The standard InChI is InChI=1S/C14H20N2O3S/c1-3-6-19-14-10-12(9-13(11-14)16(17)18)15-5-8-20-7-4-2/h4,9-11,15H,2-3,5-8H2,1H3. The van der Waals surface area contributed by atoms with E-state index in [1.54, 1.807) is 17.8 Å². The quantitative estimate of drug-likeness (QED) is 0.308. The molecule has 1 N–H and O–H groups in total. The smallest absolute Gasteiger partial charge is 0.275 e. The van der Waals surface area contributed by atoms with E-state index in [9.17, 15) is 10.1 Å². The maximum absolute atomic E-state index is 10.9. The van der Waals surface area contributed by atoms with Gasteiger partial charge in [-0.15, -0.1) is 6.58 Å². The molecule has 1 rings (SSSR count). The molecule has 0 aliphatic rings. The lowest BCUT2D eigenvalue weighted by molar-refractivity contribution is -0.384. The summed E-state index contributed by atoms with van der Waals surface area (Å²) >= 11 is 1.76. The summed E-state index contributed by atoms with van der Waals surface area (Å²) in [6.45, 7) is 6.94. The topological polar surface area (TPSA) is 64.4 Å². The Balaban J connectivity index is 2.65. The van der Waals surface area contributed by atoms with Crippen molar-refractivity contribution in [2.24, 2.45) is 0 Å². The second kappa shape index (κ2) is 9.25. The molecule has 0 radical (unpaired) electrons. The zero-order valence-electron chi connectivity index (χ0n) is 11.6. The van der Waals surface area contributed by atoms with Crippen LogP contribution in [0.2, 0.25) is 0 Å². The summed E-state index contributed by atoms with van der Waals surface area (Å²) in [6, 6.07) is 4.77. The molecule has 0 saturated carbocycles. The highest BCUT2D eigenvalue weighted by Crippen LogP contribution is 2.26. The fraction of sp³-hybridized carbons (Fsp3) is 0.429. The average Bonchev–Trinajstić information content (AvgIpc) is 2.44. The third-order valence-electron chi connectivity index (χ3n) is 2.39. The van der Waals surface area contributed by atoms with Crippen molar-refractivity contribution in [1.82, 2.24) is 0 Å². The minimum absolute atomic E-state index is 0.0415. The lowest BCUT2D eigenvalue weighted by Gasteiger charge is -2.09. The number of hydrogen-bond donors (Lipinski definition) is 1. The van der Waals surface area contributed by atoms with E-state index in [0.29, 0.717) is 18.0 Å². The summed E-state index contributed by atoms with van der Waals surface area (Å²) in [5.41, 5.74) is 0.754. The fourth-order valence-electron chi connectivity index (χ4n) is 1.53. The van der Waals surface area contributed by atoms with Crippen LogP contribution in [0.1, 0.15) is 13.3 Å². The van der Waals surface area contributed by atoms with Gasteiger partial charge in [-0.3, -0.25) is 10.1 Å². The third kappa shape index (κ3) is 5.97. The van der Waals surface area contributed by atoms with Crippen LogP contribution in [0.5, 0.6) is 5.75 Å². The van der Waals surface area contributed by atoms with E-state index < -0.39 is 4.92 Å². The van der Waals surface area contributed by atoms with Crippen molar-refractivity contribution in [1.29, 1.82) is 0 Å². The maximum Gasteiger partial charge on any atom is 0.275 e. The van der Waals surface area contributed by atoms with Crippen LogP contribution in [-0.2, 0) is 0 Å². The predicted octanol–water partition coefficient (Wildman–Crippen LogP) is 3.71. The summed E-state index contributed by atoms with van der Waals surface area (Å²) in [5, 5.41) is 14.1. The van der Waals surface area contributed by atoms with Crippen molar-refractivity contribution in [3.05, 3.63) is 41.0 Å². The monoisotopic (exact) mass is 296 g/mol. The Labute approximate surface area is 123 Å². The number of ether oxygens (including phenoxy) is 1. The fourth-order valence-corrected chi connectivity index (χ4v) is 2.11. The van der Waals surface area contributed by atoms with Gasteiger partial charge in [-0.2, -0.15) is 11.8 Å². The van der Waals surface area contributed by atoms with Gasteiger partial charge in [-0.25, -0.2) is 0 Å². The molecule has 0 saturated heterocycles. The number of nitrogens with one attached hydrogen (secondary N) is 1. The lowest BCUT2D eigenvalue weighted by Crippen LogP contribution is -2.05. The molecule has 0 unspecified atom stereocenters. The molecule has 20 heavy (non-hydrogen) atoms. The summed E-state index contributed by atoms with van der Waals surface area (Å²) in [7, 11) is 0. The number of nitro groups is 1. The van der Waals surface area contributed by atoms with Gasteiger partial charge in [0, 0.05) is 35.9 Å². The first kappa shape index (κ1) is 16.4. The van der Waals surface area contributed by atoms with E-state index in [4.69, 9.17) is 4.74 Å². The molecule has 1 aromatic rings. The van der Waals surface area contributed by atoms with Crippen LogP contribution in [0.15, 0.2) is 30.9 Å². The van der Waals surface area contributed by atoms with Crippen LogP contribution in [0.4, 0.5) is 11.4 Å². The van der Waals surface area contributed by atoms with Crippen LogP contribution in [0.25, 0.3) is 0 Å². The molecule has 110 valence electrons. The first-order chi connectivity index (χ1) is 9.67. The minimum Gasteiger partial charge on any atom is -0.493 e. The van der Waals surface area contributed by atoms with Crippen LogP contribution in [-0.4, -0.2) is 29.6 Å². The Morgan fingerprint density at radius 1 is 1.50 bits per heavy atom. The number of nitrogens with zero attached hydrogens (tertiary/aromatic N) is 1. The van der Waals surface area contributed by atoms with Crippen molar-refractivity contribution in [3.8, 4) is 5.75 Å². The van der Waals surface area contributed by atoms with E-state index in [0.717, 1.165) is 24.5 Å². The molecule has 5 nitrogen and oxygen atoms in total. The van der Waals surface area contributed by atoms with Gasteiger partial charge in [0.1, 0.15) is 5.75 Å². The predicted molar refractivity (Wildman–Crippen MR) is 84.9 cm³/mol. The summed E-state index contributed by atoms with van der Waals surface area (Å²) < 4.78 is 5.47. The SMILES string of the molecule is C=CCSCCNc1cc(OCCC)cc([N+](=O)[O-])c1. The Morgan fingerprint density at radius 3 is 2.95 bits per heavy atom. The number of anilines is 1. The van der Waals surface area contributed by atoms with Gasteiger partial charge in [0.05, 0.1) is 17.6 Å². The second-order valence-corrected chi connectivity index (χ2v) is 5.26. The number of benzene rings is 1. The normalized spacial score (nSPS) is 10.1. The van der Waals surface area contributed by atoms with E-state index in [1.165, 1.54) is 12.1 Å². The number of hydrogen-bond acceptors (Lipinski definition) is 5. The highest BCUT2D eigenvalue weighted by molar-refractivity contribution is 7.99. The molecule has 0 heterocycles. The molecule has 0 spiro atoms. The van der Waals surface area contributed by atoms with Gasteiger partial charge in [-0.05, 0) is 6.42 Å². The van der Waals surface area contributed by atoms with Crippen molar-refractivity contribution in [3.63, 3.8) is 0 Å². The van der Waals surface area contributed by atoms with E-state index in [-0.39, 0.29) is 5.69 Å². The molecule has 0 aliphatic carbocycles. The van der Waals surface area contributed by atoms with Gasteiger partial charge < -0.3 is 10.1 Å². The molecular formula is C14H20N2O3S. The van der Waals surface area contributed by atoms with Gasteiger partial charge in [0.15, 0.2) is 0 Å². The molecular weight excluding hydrogens is 276 g/mol. The minimum atomic E-state index is -0.406. The van der Waals surface area contributed by atoms with E-state index >= 15 is 0 Å². The van der Waals surface area contributed by atoms with Crippen molar-refractivity contribution in [2.75, 3.05) is 30.0 Å². The Bertz CT molecular complexity index is 452. The van der Waals surface area contributed by atoms with Crippen molar-refractivity contribution < 1.29 is 9.66 Å². The summed E-state index contributed by atoms with van der Waals surface area (Å²) in [4.78, 5) is 10.5. The van der Waals surface area contributed by atoms with E-state index in [1.807, 2.05) is 13.0 Å². The lowest BCUT2D eigenvalue weighted by atomic mass is 10.2. The number of thioether (sulfide) groups is 1. The first-order valence-corrected chi connectivity index (χ1v) is 7.67. The van der Waals surface area contributed by atoms with Crippen molar-refractivity contribution >= 4 is 23.1 Å². The maximum atomic E-state index is 10.9. The van der Waals surface area contributed by atoms with Crippen LogP contribution >= 0.6 is 11.8 Å².